The molecule has 1 aliphatic heterocycles. The molecule has 0 radical (unpaired) electrons. The molecule has 0 spiro atoms. The van der Waals surface area contributed by atoms with Crippen LogP contribution in [0.2, 0.25) is 0 Å². The number of ether oxygens (including phenoxy) is 1. The molecule has 1 aliphatic rings. The molecular formula is C33H34N4O3. The van der Waals surface area contributed by atoms with Crippen molar-refractivity contribution in [3.05, 3.63) is 102 Å². The lowest BCUT2D eigenvalue weighted by Gasteiger charge is -2.29. The van der Waals surface area contributed by atoms with Crippen molar-refractivity contribution >= 4 is 22.5 Å². The van der Waals surface area contributed by atoms with Gasteiger partial charge in [-0.05, 0) is 71.8 Å². The molecule has 3 aromatic heterocycles. The molecule has 0 bridgehead atoms. The highest BCUT2D eigenvalue weighted by Gasteiger charge is 2.42. The zero-order valence-electron chi connectivity index (χ0n) is 23.0. The number of nitrogens with zero attached hydrogens (tertiary/aromatic N) is 1. The Bertz CT molecular complexity index is 1680. The fourth-order valence-electron chi connectivity index (χ4n) is 5.85. The molecule has 40 heavy (non-hydrogen) atoms. The summed E-state index contributed by atoms with van der Waals surface area (Å²) in [5.74, 6) is 2.13. The maximum absolute atomic E-state index is 13.1. The van der Waals surface area contributed by atoms with Crippen molar-refractivity contribution in [3.63, 3.8) is 0 Å². The molecule has 6 rings (SSSR count). The number of anilines is 1. The van der Waals surface area contributed by atoms with Crippen LogP contribution in [0.25, 0.3) is 22.0 Å². The molecule has 7 nitrogen and oxygen atoms in total. The second-order valence-electron chi connectivity index (χ2n) is 11.4. The Morgan fingerprint density at radius 3 is 2.75 bits per heavy atom. The number of pyridine rings is 1. The molecule has 2 atom stereocenters. The lowest BCUT2D eigenvalue weighted by molar-refractivity contribution is -0.119. The molecule has 0 aliphatic carbocycles. The molecule has 0 saturated carbocycles. The summed E-state index contributed by atoms with van der Waals surface area (Å²) >= 11 is 0. The van der Waals surface area contributed by atoms with Gasteiger partial charge in [-0.25, -0.2) is 0 Å². The number of carbonyl (C=O) groups is 1. The number of nitrogens with one attached hydrogen (secondary N) is 2. The minimum atomic E-state index is -0.345. The fraction of sp³-hybridized carbons (Fsp3) is 0.273. The summed E-state index contributed by atoms with van der Waals surface area (Å²) in [7, 11) is 0. The molecule has 5 aromatic rings. The summed E-state index contributed by atoms with van der Waals surface area (Å²) in [4.78, 5) is 20.8. The molecule has 204 valence electrons. The van der Waals surface area contributed by atoms with Crippen molar-refractivity contribution < 1.29 is 13.9 Å². The van der Waals surface area contributed by atoms with E-state index in [1.165, 1.54) is 10.9 Å². The third kappa shape index (κ3) is 5.12. The van der Waals surface area contributed by atoms with Gasteiger partial charge in [0.1, 0.15) is 23.9 Å². The van der Waals surface area contributed by atoms with Crippen LogP contribution < -0.4 is 15.8 Å². The van der Waals surface area contributed by atoms with E-state index >= 15 is 0 Å². The average Bonchev–Trinajstić information content (AvgIpc) is 3.63. The van der Waals surface area contributed by atoms with Crippen LogP contribution in [-0.2, 0) is 17.6 Å². The number of hydrogen-bond acceptors (Lipinski definition) is 5. The summed E-state index contributed by atoms with van der Waals surface area (Å²) in [5.41, 5.74) is 12.1. The van der Waals surface area contributed by atoms with E-state index in [4.69, 9.17) is 14.9 Å². The Kier molecular flexibility index (Phi) is 6.68. The Morgan fingerprint density at radius 1 is 1.07 bits per heavy atom. The number of hydrogen-bond donors (Lipinski definition) is 3. The highest BCUT2D eigenvalue weighted by atomic mass is 16.5. The highest BCUT2D eigenvalue weighted by molar-refractivity contribution is 6.04. The van der Waals surface area contributed by atoms with Gasteiger partial charge >= 0.3 is 0 Å². The zero-order valence-corrected chi connectivity index (χ0v) is 23.0. The van der Waals surface area contributed by atoms with Crippen molar-refractivity contribution in [2.24, 2.45) is 11.1 Å². The fourth-order valence-corrected chi connectivity index (χ4v) is 5.85. The van der Waals surface area contributed by atoms with Crippen LogP contribution in [0.15, 0.2) is 83.7 Å². The quantitative estimate of drug-likeness (QED) is 0.203. The Labute approximate surface area is 233 Å². The van der Waals surface area contributed by atoms with E-state index in [1.54, 1.807) is 6.20 Å². The van der Waals surface area contributed by atoms with Gasteiger partial charge in [-0.15, -0.1) is 0 Å². The summed E-state index contributed by atoms with van der Waals surface area (Å²) in [6, 6.07) is 20.1. The largest absolute Gasteiger partial charge is 0.490 e. The van der Waals surface area contributed by atoms with Gasteiger partial charge in [0.2, 0.25) is 5.91 Å². The molecule has 4 N–H and O–H groups in total. The van der Waals surface area contributed by atoms with Crippen LogP contribution in [0.4, 0.5) is 5.69 Å². The summed E-state index contributed by atoms with van der Waals surface area (Å²) in [6.45, 7) is 6.54. The van der Waals surface area contributed by atoms with Crippen LogP contribution in [0, 0.1) is 12.3 Å². The van der Waals surface area contributed by atoms with E-state index in [0.717, 1.165) is 39.4 Å². The third-order valence-corrected chi connectivity index (χ3v) is 7.76. The monoisotopic (exact) mass is 534 g/mol. The molecule has 0 fully saturated rings. The molecular weight excluding hydrogens is 500 g/mol. The molecule has 0 saturated heterocycles. The predicted molar refractivity (Wildman–Crippen MR) is 157 cm³/mol. The zero-order chi connectivity index (χ0) is 27.9. The summed E-state index contributed by atoms with van der Waals surface area (Å²) < 4.78 is 11.9. The van der Waals surface area contributed by atoms with Crippen LogP contribution in [0.3, 0.4) is 0 Å². The first-order valence-electron chi connectivity index (χ1n) is 13.7. The number of aromatic nitrogens is 2. The maximum Gasteiger partial charge on any atom is 0.232 e. The van der Waals surface area contributed by atoms with Gasteiger partial charge in [-0.3, -0.25) is 9.78 Å². The predicted octanol–water partition coefficient (Wildman–Crippen LogP) is 6.38. The van der Waals surface area contributed by atoms with Gasteiger partial charge in [0.15, 0.2) is 0 Å². The number of fused-ring (bicyclic) bond motifs is 2. The van der Waals surface area contributed by atoms with E-state index in [2.05, 4.69) is 47.3 Å². The topological polar surface area (TPSA) is 106 Å². The smallest absolute Gasteiger partial charge is 0.232 e. The van der Waals surface area contributed by atoms with Gasteiger partial charge in [0.05, 0.1) is 12.1 Å². The van der Waals surface area contributed by atoms with Crippen LogP contribution in [0.1, 0.15) is 42.4 Å². The number of benzene rings is 2. The maximum atomic E-state index is 13.1. The normalized spacial score (nSPS) is 15.7. The van der Waals surface area contributed by atoms with E-state index in [-0.39, 0.29) is 23.3 Å². The van der Waals surface area contributed by atoms with E-state index in [1.807, 2.05) is 61.8 Å². The standard InChI is InChI=1S/C33H34N4O3/c1-20-8-10-25(40-20)15-33(2,3)31-28-14-21(9-11-30(28)37-32(31)38)22-13-26(18-35-16-22)39-19-24(34)12-23-17-36-29-7-5-4-6-27(23)29/h4-11,13-14,16-18,24,31,36H,12,15,19,34H2,1-3H3,(H,37,38)/t24-,31?/m0/s1. The minimum Gasteiger partial charge on any atom is -0.490 e. The second-order valence-corrected chi connectivity index (χ2v) is 11.4. The lowest BCUT2D eigenvalue weighted by atomic mass is 9.72. The number of nitrogens with two attached hydrogens (primary N) is 1. The number of aromatic amines is 1. The van der Waals surface area contributed by atoms with Crippen LogP contribution in [0.5, 0.6) is 5.75 Å². The van der Waals surface area contributed by atoms with Gasteiger partial charge in [0, 0.05) is 47.0 Å². The number of H-pyrrole nitrogens is 1. The van der Waals surface area contributed by atoms with Gasteiger partial charge in [-0.2, -0.15) is 0 Å². The molecule has 7 heteroatoms. The average molecular weight is 535 g/mol. The second kappa shape index (κ2) is 10.3. The summed E-state index contributed by atoms with van der Waals surface area (Å²) in [6.07, 6.45) is 6.91. The van der Waals surface area contributed by atoms with Crippen molar-refractivity contribution in [1.29, 1.82) is 0 Å². The Hall–Kier alpha value is -4.36. The molecule has 1 unspecified atom stereocenters. The van der Waals surface area contributed by atoms with Crippen molar-refractivity contribution in [1.82, 2.24) is 9.97 Å². The number of rotatable bonds is 9. The Balaban J connectivity index is 1.17. The number of carbonyl (C=O) groups excluding carboxylic acids is 1. The number of para-hydroxylation sites is 1. The molecule has 2 aromatic carbocycles. The van der Waals surface area contributed by atoms with Gasteiger partial charge in [0.25, 0.3) is 0 Å². The minimum absolute atomic E-state index is 0.0137. The Morgan fingerprint density at radius 2 is 1.93 bits per heavy atom. The van der Waals surface area contributed by atoms with Gasteiger partial charge < -0.3 is 25.2 Å². The first-order valence-corrected chi connectivity index (χ1v) is 13.7. The molecule has 1 amide bonds. The number of amides is 1. The van der Waals surface area contributed by atoms with Crippen LogP contribution in [-0.4, -0.2) is 28.5 Å². The van der Waals surface area contributed by atoms with Crippen molar-refractivity contribution in [3.8, 4) is 16.9 Å². The van der Waals surface area contributed by atoms with Crippen molar-refractivity contribution in [2.45, 2.75) is 45.6 Å². The van der Waals surface area contributed by atoms with E-state index in [9.17, 15) is 4.79 Å². The van der Waals surface area contributed by atoms with Gasteiger partial charge in [-0.1, -0.05) is 38.1 Å². The lowest BCUT2D eigenvalue weighted by Crippen LogP contribution is -2.30. The van der Waals surface area contributed by atoms with E-state index < -0.39 is 0 Å². The first-order chi connectivity index (χ1) is 19.3. The summed E-state index contributed by atoms with van der Waals surface area (Å²) in [5, 5.41) is 4.26. The van der Waals surface area contributed by atoms with Crippen molar-refractivity contribution in [2.75, 3.05) is 11.9 Å². The SMILES string of the molecule is Cc1ccc(CC(C)(C)C2C(=O)Nc3ccc(-c4cncc(OC[C@@H](N)Cc5c[nH]c6ccccc56)c4)cc32)o1. The highest BCUT2D eigenvalue weighted by Crippen LogP contribution is 2.47. The number of aryl methyl sites for hydroxylation is 1. The number of furan rings is 1. The third-order valence-electron chi connectivity index (χ3n) is 7.76. The molecule has 4 heterocycles. The van der Waals surface area contributed by atoms with E-state index in [0.29, 0.717) is 25.2 Å². The van der Waals surface area contributed by atoms with Crippen LogP contribution >= 0.6 is 0 Å². The first kappa shape index (κ1) is 25.9.